The van der Waals surface area contributed by atoms with Crippen LogP contribution in [-0.4, -0.2) is 12.3 Å². The van der Waals surface area contributed by atoms with Gasteiger partial charge in [0.15, 0.2) is 0 Å². The molecule has 2 unspecified atom stereocenters. The second-order valence-electron chi connectivity index (χ2n) is 3.89. The number of nitrogens with one attached hydrogen (secondary N) is 1. The Morgan fingerprint density at radius 3 is 2.80 bits per heavy atom. The predicted molar refractivity (Wildman–Crippen MR) is 68.8 cm³/mol. The molecule has 1 heterocycles. The van der Waals surface area contributed by atoms with E-state index in [4.69, 9.17) is 23.2 Å². The average molecular weight is 262 g/mol. The Labute approximate surface area is 105 Å². The van der Waals surface area contributed by atoms with Crippen molar-refractivity contribution in [1.29, 1.82) is 0 Å². The Kier molecular flexibility index (Phi) is 3.83. The highest BCUT2D eigenvalue weighted by molar-refractivity contribution is 7.99. The first kappa shape index (κ1) is 11.6. The molecule has 0 aliphatic carbocycles. The number of halogens is 2. The standard InChI is InChI=1S/C11H13Cl2NS/c1-7-5-14-11(15-6-7)9-3-2-8(12)4-10(9)13/h2-4,7,11,14H,5-6H2,1H3. The highest BCUT2D eigenvalue weighted by Gasteiger charge is 2.21. The van der Waals surface area contributed by atoms with Crippen LogP contribution in [-0.2, 0) is 0 Å². The van der Waals surface area contributed by atoms with E-state index in [1.807, 2.05) is 23.9 Å². The van der Waals surface area contributed by atoms with Gasteiger partial charge in [0.1, 0.15) is 0 Å². The van der Waals surface area contributed by atoms with Crippen LogP contribution in [0.3, 0.4) is 0 Å². The molecule has 15 heavy (non-hydrogen) atoms. The number of thioether (sulfide) groups is 1. The summed E-state index contributed by atoms with van der Waals surface area (Å²) in [6.45, 7) is 3.30. The summed E-state index contributed by atoms with van der Waals surface area (Å²) in [6, 6.07) is 5.70. The predicted octanol–water partition coefficient (Wildman–Crippen LogP) is 3.96. The van der Waals surface area contributed by atoms with Crippen LogP contribution in [0.15, 0.2) is 18.2 Å². The molecule has 1 nitrogen and oxygen atoms in total. The zero-order chi connectivity index (χ0) is 10.8. The van der Waals surface area contributed by atoms with Crippen molar-refractivity contribution < 1.29 is 0 Å². The zero-order valence-electron chi connectivity index (χ0n) is 8.47. The summed E-state index contributed by atoms with van der Waals surface area (Å²) in [6.07, 6.45) is 0. The Bertz CT molecular complexity index is 348. The minimum absolute atomic E-state index is 0.311. The summed E-state index contributed by atoms with van der Waals surface area (Å²) in [7, 11) is 0. The van der Waals surface area contributed by atoms with Crippen LogP contribution in [0.1, 0.15) is 17.9 Å². The molecular weight excluding hydrogens is 249 g/mol. The molecule has 82 valence electrons. The van der Waals surface area contributed by atoms with Crippen molar-refractivity contribution in [2.45, 2.75) is 12.3 Å². The van der Waals surface area contributed by atoms with Crippen molar-refractivity contribution in [2.24, 2.45) is 5.92 Å². The van der Waals surface area contributed by atoms with Crippen LogP contribution in [0.25, 0.3) is 0 Å². The highest BCUT2D eigenvalue weighted by atomic mass is 35.5. The van der Waals surface area contributed by atoms with Crippen LogP contribution < -0.4 is 5.32 Å². The molecule has 4 heteroatoms. The van der Waals surface area contributed by atoms with Crippen LogP contribution >= 0.6 is 35.0 Å². The lowest BCUT2D eigenvalue weighted by atomic mass is 10.2. The van der Waals surface area contributed by atoms with Gasteiger partial charge in [-0.25, -0.2) is 0 Å². The summed E-state index contributed by atoms with van der Waals surface area (Å²) < 4.78 is 0. The van der Waals surface area contributed by atoms with E-state index in [0.717, 1.165) is 23.0 Å². The fourth-order valence-corrected chi connectivity index (χ4v) is 3.42. The van der Waals surface area contributed by atoms with Crippen LogP contribution in [0.5, 0.6) is 0 Å². The summed E-state index contributed by atoms with van der Waals surface area (Å²) in [4.78, 5) is 0. The fraction of sp³-hybridized carbons (Fsp3) is 0.455. The second kappa shape index (κ2) is 4.96. The number of rotatable bonds is 1. The second-order valence-corrected chi connectivity index (χ2v) is 5.87. The van der Waals surface area contributed by atoms with Gasteiger partial charge in [-0.3, -0.25) is 0 Å². The quantitative estimate of drug-likeness (QED) is 0.822. The van der Waals surface area contributed by atoms with Gasteiger partial charge in [-0.1, -0.05) is 36.2 Å². The third kappa shape index (κ3) is 2.82. The molecular formula is C11H13Cl2NS. The molecule has 0 aromatic heterocycles. The summed E-state index contributed by atoms with van der Waals surface area (Å²) >= 11 is 13.9. The first-order valence-corrected chi connectivity index (χ1v) is 6.77. The van der Waals surface area contributed by atoms with Crippen LogP contribution in [0.4, 0.5) is 0 Å². The van der Waals surface area contributed by atoms with Crippen molar-refractivity contribution >= 4 is 35.0 Å². The average Bonchev–Trinajstić information content (AvgIpc) is 2.20. The van der Waals surface area contributed by atoms with Crippen molar-refractivity contribution in [3.8, 4) is 0 Å². The number of hydrogen-bond donors (Lipinski definition) is 1. The molecule has 1 saturated heterocycles. The van der Waals surface area contributed by atoms with E-state index >= 15 is 0 Å². The van der Waals surface area contributed by atoms with Gasteiger partial charge in [0.2, 0.25) is 0 Å². The molecule has 1 N–H and O–H groups in total. The monoisotopic (exact) mass is 261 g/mol. The summed E-state index contributed by atoms with van der Waals surface area (Å²) in [5, 5.41) is 5.24. The van der Waals surface area contributed by atoms with Crippen LogP contribution in [0.2, 0.25) is 10.0 Å². The normalized spacial score (nSPS) is 26.6. The van der Waals surface area contributed by atoms with E-state index in [9.17, 15) is 0 Å². The topological polar surface area (TPSA) is 12.0 Å². The third-order valence-electron chi connectivity index (χ3n) is 2.44. The van der Waals surface area contributed by atoms with Crippen molar-refractivity contribution in [3.63, 3.8) is 0 Å². The van der Waals surface area contributed by atoms with E-state index < -0.39 is 0 Å². The first-order chi connectivity index (χ1) is 7.16. The SMILES string of the molecule is CC1CNC(c2ccc(Cl)cc2Cl)SC1. The lowest BCUT2D eigenvalue weighted by molar-refractivity contribution is 0.529. The van der Waals surface area contributed by atoms with Gasteiger partial charge in [0.05, 0.1) is 5.37 Å². The van der Waals surface area contributed by atoms with E-state index in [0.29, 0.717) is 10.4 Å². The van der Waals surface area contributed by atoms with E-state index in [1.54, 1.807) is 6.07 Å². The van der Waals surface area contributed by atoms with Gasteiger partial charge in [0.25, 0.3) is 0 Å². The van der Waals surface area contributed by atoms with Gasteiger partial charge in [0, 0.05) is 10.0 Å². The van der Waals surface area contributed by atoms with Crippen molar-refractivity contribution in [3.05, 3.63) is 33.8 Å². The van der Waals surface area contributed by atoms with Gasteiger partial charge in [-0.2, -0.15) is 0 Å². The van der Waals surface area contributed by atoms with Gasteiger partial charge >= 0.3 is 0 Å². The molecule has 1 aromatic carbocycles. The maximum atomic E-state index is 6.16. The van der Waals surface area contributed by atoms with Crippen molar-refractivity contribution in [2.75, 3.05) is 12.3 Å². The molecule has 2 rings (SSSR count). The Balaban J connectivity index is 2.15. The maximum Gasteiger partial charge on any atom is 0.0804 e. The van der Waals surface area contributed by atoms with Gasteiger partial charge < -0.3 is 5.32 Å². The Morgan fingerprint density at radius 2 is 2.20 bits per heavy atom. The third-order valence-corrected chi connectivity index (χ3v) is 4.52. The maximum absolute atomic E-state index is 6.16. The molecule has 0 spiro atoms. The summed E-state index contributed by atoms with van der Waals surface area (Å²) in [5.74, 6) is 1.91. The van der Waals surface area contributed by atoms with Crippen molar-refractivity contribution in [1.82, 2.24) is 5.32 Å². The highest BCUT2D eigenvalue weighted by Crippen LogP contribution is 2.36. The van der Waals surface area contributed by atoms with Crippen LogP contribution in [0, 0.1) is 5.92 Å². The van der Waals surface area contributed by atoms with Gasteiger partial charge in [-0.05, 0) is 35.9 Å². The molecule has 1 fully saturated rings. The Morgan fingerprint density at radius 1 is 1.40 bits per heavy atom. The fourth-order valence-electron chi connectivity index (χ4n) is 1.60. The zero-order valence-corrected chi connectivity index (χ0v) is 10.8. The first-order valence-electron chi connectivity index (χ1n) is 4.97. The van der Waals surface area contributed by atoms with Gasteiger partial charge in [-0.15, -0.1) is 11.8 Å². The number of hydrogen-bond acceptors (Lipinski definition) is 2. The largest absolute Gasteiger partial charge is 0.301 e. The summed E-state index contributed by atoms with van der Waals surface area (Å²) in [5.41, 5.74) is 1.14. The van der Waals surface area contributed by atoms with E-state index in [1.165, 1.54) is 5.75 Å². The molecule has 0 radical (unpaired) electrons. The molecule has 0 saturated carbocycles. The molecule has 1 aliphatic heterocycles. The van der Waals surface area contributed by atoms with E-state index in [2.05, 4.69) is 12.2 Å². The molecule has 1 aliphatic rings. The minimum Gasteiger partial charge on any atom is -0.301 e. The lowest BCUT2D eigenvalue weighted by Gasteiger charge is -2.28. The number of benzene rings is 1. The smallest absolute Gasteiger partial charge is 0.0804 e. The minimum atomic E-state index is 0.311. The van der Waals surface area contributed by atoms with E-state index in [-0.39, 0.29) is 0 Å². The molecule has 0 bridgehead atoms. The molecule has 2 atom stereocenters. The molecule has 0 amide bonds. The molecule has 1 aromatic rings. The Hall–Kier alpha value is 0.110. The lowest BCUT2D eigenvalue weighted by Crippen LogP contribution is -2.31.